The molecule has 2 rings (SSSR count). The summed E-state index contributed by atoms with van der Waals surface area (Å²) >= 11 is 0. The Balaban J connectivity index is 2.26. The Hall–Kier alpha value is -2.89. The van der Waals surface area contributed by atoms with Crippen LogP contribution in [-0.2, 0) is 11.2 Å². The largest absolute Gasteiger partial charge is 0.481 e. The van der Waals surface area contributed by atoms with E-state index in [4.69, 9.17) is 9.84 Å². The lowest BCUT2D eigenvalue weighted by Gasteiger charge is -2.07. The van der Waals surface area contributed by atoms with Crippen molar-refractivity contribution in [2.24, 2.45) is 0 Å². The molecular formula is C14H11NO5. The van der Waals surface area contributed by atoms with Gasteiger partial charge in [0.1, 0.15) is 5.75 Å². The quantitative estimate of drug-likeness (QED) is 0.668. The van der Waals surface area contributed by atoms with Gasteiger partial charge in [-0.3, -0.25) is 14.9 Å². The van der Waals surface area contributed by atoms with Crippen molar-refractivity contribution in [1.29, 1.82) is 0 Å². The maximum absolute atomic E-state index is 10.9. The first kappa shape index (κ1) is 13.5. The molecule has 0 spiro atoms. The molecule has 0 saturated heterocycles. The van der Waals surface area contributed by atoms with E-state index in [1.807, 2.05) is 0 Å². The lowest BCUT2D eigenvalue weighted by molar-refractivity contribution is -0.385. The number of carboxylic acids is 1. The molecule has 2 aromatic carbocycles. The van der Waals surface area contributed by atoms with Crippen LogP contribution in [0, 0.1) is 10.1 Å². The van der Waals surface area contributed by atoms with Crippen LogP contribution in [-0.4, -0.2) is 16.0 Å². The molecule has 0 bridgehead atoms. The van der Waals surface area contributed by atoms with Gasteiger partial charge in [0.25, 0.3) is 0 Å². The number of carboxylic acid groups (broad SMARTS) is 1. The number of nitro groups is 1. The van der Waals surface area contributed by atoms with Crippen LogP contribution in [0.25, 0.3) is 0 Å². The summed E-state index contributed by atoms with van der Waals surface area (Å²) in [6.07, 6.45) is -0.131. The summed E-state index contributed by atoms with van der Waals surface area (Å²) in [6, 6.07) is 12.5. The molecule has 0 aromatic heterocycles. The van der Waals surface area contributed by atoms with E-state index in [9.17, 15) is 14.9 Å². The summed E-state index contributed by atoms with van der Waals surface area (Å²) in [6.45, 7) is 0. The van der Waals surface area contributed by atoms with E-state index in [0.29, 0.717) is 11.3 Å². The number of hydrogen-bond donors (Lipinski definition) is 1. The van der Waals surface area contributed by atoms with Crippen molar-refractivity contribution >= 4 is 11.7 Å². The molecule has 2 aromatic rings. The van der Waals surface area contributed by atoms with E-state index in [1.165, 1.54) is 12.1 Å². The van der Waals surface area contributed by atoms with E-state index >= 15 is 0 Å². The molecule has 0 unspecified atom stereocenters. The Kier molecular flexibility index (Phi) is 3.95. The van der Waals surface area contributed by atoms with E-state index in [2.05, 4.69) is 0 Å². The third kappa shape index (κ3) is 3.32. The lowest BCUT2D eigenvalue weighted by atomic mass is 10.1. The SMILES string of the molecule is O=C(O)Cc1cccc(Oc2ccccc2[N+](=O)[O-])c1. The van der Waals surface area contributed by atoms with Gasteiger partial charge in [0, 0.05) is 6.07 Å². The Bertz CT molecular complexity index is 654. The van der Waals surface area contributed by atoms with Crippen LogP contribution in [0.4, 0.5) is 5.69 Å². The standard InChI is InChI=1S/C14H11NO5/c16-14(17)9-10-4-3-5-11(8-10)20-13-7-2-1-6-12(13)15(18)19/h1-8H,9H2,(H,16,17). The zero-order valence-electron chi connectivity index (χ0n) is 10.4. The molecule has 102 valence electrons. The number of nitrogens with zero attached hydrogens (tertiary/aromatic N) is 1. The predicted octanol–water partition coefficient (Wildman–Crippen LogP) is 3.01. The Morgan fingerprint density at radius 3 is 2.65 bits per heavy atom. The van der Waals surface area contributed by atoms with Crippen molar-refractivity contribution < 1.29 is 19.6 Å². The minimum atomic E-state index is -0.951. The molecule has 0 heterocycles. The topological polar surface area (TPSA) is 89.7 Å². The molecule has 20 heavy (non-hydrogen) atoms. The lowest BCUT2D eigenvalue weighted by Crippen LogP contribution is -2.00. The molecule has 6 heteroatoms. The second-order valence-electron chi connectivity index (χ2n) is 4.04. The van der Waals surface area contributed by atoms with Crippen LogP contribution in [0.2, 0.25) is 0 Å². The van der Waals surface area contributed by atoms with E-state index in [1.54, 1.807) is 36.4 Å². The number of nitro benzene ring substituents is 1. The highest BCUT2D eigenvalue weighted by molar-refractivity contribution is 5.70. The van der Waals surface area contributed by atoms with Crippen LogP contribution >= 0.6 is 0 Å². The summed E-state index contributed by atoms with van der Waals surface area (Å²) in [4.78, 5) is 21.0. The molecule has 0 aliphatic carbocycles. The summed E-state index contributed by atoms with van der Waals surface area (Å²) in [5, 5.41) is 19.6. The highest BCUT2D eigenvalue weighted by Crippen LogP contribution is 2.31. The van der Waals surface area contributed by atoms with Crippen molar-refractivity contribution in [3.05, 3.63) is 64.2 Å². The van der Waals surface area contributed by atoms with Gasteiger partial charge in [-0.05, 0) is 23.8 Å². The second-order valence-corrected chi connectivity index (χ2v) is 4.04. The number of benzene rings is 2. The number of hydrogen-bond acceptors (Lipinski definition) is 4. The monoisotopic (exact) mass is 273 g/mol. The number of ether oxygens (including phenoxy) is 1. The van der Waals surface area contributed by atoms with Crippen LogP contribution < -0.4 is 4.74 Å². The zero-order chi connectivity index (χ0) is 14.5. The van der Waals surface area contributed by atoms with Crippen LogP contribution in [0.1, 0.15) is 5.56 Å². The maximum atomic E-state index is 10.9. The Morgan fingerprint density at radius 2 is 1.95 bits per heavy atom. The van der Waals surface area contributed by atoms with Gasteiger partial charge in [0.05, 0.1) is 11.3 Å². The van der Waals surface area contributed by atoms with Crippen molar-refractivity contribution in [2.45, 2.75) is 6.42 Å². The molecule has 0 fully saturated rings. The molecule has 6 nitrogen and oxygen atoms in total. The average Bonchev–Trinajstić information content (AvgIpc) is 2.38. The van der Waals surface area contributed by atoms with Crippen molar-refractivity contribution in [1.82, 2.24) is 0 Å². The van der Waals surface area contributed by atoms with Gasteiger partial charge < -0.3 is 9.84 Å². The minimum Gasteiger partial charge on any atom is -0.481 e. The number of rotatable bonds is 5. The van der Waals surface area contributed by atoms with Gasteiger partial charge in [-0.2, -0.15) is 0 Å². The summed E-state index contributed by atoms with van der Waals surface area (Å²) in [7, 11) is 0. The average molecular weight is 273 g/mol. The van der Waals surface area contributed by atoms with Gasteiger partial charge in [-0.1, -0.05) is 24.3 Å². The normalized spacial score (nSPS) is 10.0. The summed E-state index contributed by atoms with van der Waals surface area (Å²) in [5.74, 6) is -0.476. The van der Waals surface area contributed by atoms with E-state index in [0.717, 1.165) is 0 Å². The molecule has 0 aliphatic heterocycles. The number of aliphatic carboxylic acids is 1. The maximum Gasteiger partial charge on any atom is 0.311 e. The molecule has 0 atom stereocenters. The zero-order valence-corrected chi connectivity index (χ0v) is 10.4. The molecule has 1 N–H and O–H groups in total. The van der Waals surface area contributed by atoms with Gasteiger partial charge in [0.2, 0.25) is 5.75 Å². The first-order valence-electron chi connectivity index (χ1n) is 5.78. The number of carbonyl (C=O) groups is 1. The van der Waals surface area contributed by atoms with E-state index in [-0.39, 0.29) is 17.9 Å². The second kappa shape index (κ2) is 5.83. The Morgan fingerprint density at radius 1 is 1.20 bits per heavy atom. The molecular weight excluding hydrogens is 262 g/mol. The minimum absolute atomic E-state index is 0.116. The third-order valence-electron chi connectivity index (χ3n) is 2.54. The van der Waals surface area contributed by atoms with Crippen molar-refractivity contribution in [3.63, 3.8) is 0 Å². The molecule has 0 aliphatic rings. The molecule has 0 saturated carbocycles. The van der Waals surface area contributed by atoms with Crippen LogP contribution in [0.15, 0.2) is 48.5 Å². The predicted molar refractivity (Wildman–Crippen MR) is 71.0 cm³/mol. The summed E-state index contributed by atoms with van der Waals surface area (Å²) in [5.41, 5.74) is 0.421. The molecule has 0 amide bonds. The van der Waals surface area contributed by atoms with Gasteiger partial charge in [-0.15, -0.1) is 0 Å². The fraction of sp³-hybridized carbons (Fsp3) is 0.0714. The Labute approximate surface area is 114 Å². The number of para-hydroxylation sites is 2. The molecule has 0 radical (unpaired) electrons. The van der Waals surface area contributed by atoms with Gasteiger partial charge >= 0.3 is 11.7 Å². The van der Waals surface area contributed by atoms with Gasteiger partial charge in [-0.25, -0.2) is 0 Å². The highest BCUT2D eigenvalue weighted by atomic mass is 16.6. The van der Waals surface area contributed by atoms with Crippen molar-refractivity contribution in [3.8, 4) is 11.5 Å². The fourth-order valence-electron chi connectivity index (χ4n) is 1.71. The van der Waals surface area contributed by atoms with Crippen molar-refractivity contribution in [2.75, 3.05) is 0 Å². The van der Waals surface area contributed by atoms with E-state index < -0.39 is 10.9 Å². The smallest absolute Gasteiger partial charge is 0.311 e. The fourth-order valence-corrected chi connectivity index (χ4v) is 1.71. The first-order valence-corrected chi connectivity index (χ1v) is 5.78. The van der Waals surface area contributed by atoms with Crippen LogP contribution in [0.5, 0.6) is 11.5 Å². The highest BCUT2D eigenvalue weighted by Gasteiger charge is 2.14. The van der Waals surface area contributed by atoms with Gasteiger partial charge in [0.15, 0.2) is 0 Å². The third-order valence-corrected chi connectivity index (χ3v) is 2.54. The summed E-state index contributed by atoms with van der Waals surface area (Å²) < 4.78 is 5.46. The first-order chi connectivity index (χ1) is 9.56. The van der Waals surface area contributed by atoms with Crippen LogP contribution in [0.3, 0.4) is 0 Å².